The number of amides is 1. The van der Waals surface area contributed by atoms with Crippen molar-refractivity contribution >= 4 is 28.3 Å². The number of H-pyrrole nitrogens is 1. The first-order valence-electron chi connectivity index (χ1n) is 10.8. The summed E-state index contributed by atoms with van der Waals surface area (Å²) in [7, 11) is 0. The molecule has 1 atom stereocenters. The lowest BCUT2D eigenvalue weighted by Crippen LogP contribution is -2.45. The maximum atomic E-state index is 14.1. The highest BCUT2D eigenvalue weighted by molar-refractivity contribution is 7.15. The van der Waals surface area contributed by atoms with Crippen molar-refractivity contribution in [3.63, 3.8) is 0 Å². The van der Waals surface area contributed by atoms with E-state index in [4.69, 9.17) is 0 Å². The molecule has 1 fully saturated rings. The van der Waals surface area contributed by atoms with Crippen LogP contribution in [-0.4, -0.2) is 38.3 Å². The number of carbonyl (C=O) groups excluding carboxylic acids is 1. The molecule has 170 valence electrons. The number of hydrogen-bond acceptors (Lipinski definition) is 4. The van der Waals surface area contributed by atoms with Crippen LogP contribution in [0.4, 0.5) is 13.2 Å². The summed E-state index contributed by atoms with van der Waals surface area (Å²) in [5.74, 6) is -1.94. The smallest absolute Gasteiger partial charge is 0.274 e. The highest BCUT2D eigenvalue weighted by Crippen LogP contribution is 2.33. The van der Waals surface area contributed by atoms with Crippen molar-refractivity contribution in [3.8, 4) is 10.4 Å². The topological polar surface area (TPSA) is 61.9 Å². The molecule has 33 heavy (non-hydrogen) atoms. The molecule has 1 aliphatic heterocycles. The number of nitrogens with zero attached hydrogens (tertiary/aromatic N) is 3. The Morgan fingerprint density at radius 1 is 1.12 bits per heavy atom. The van der Waals surface area contributed by atoms with Crippen LogP contribution in [-0.2, 0) is 6.42 Å². The Kier molecular flexibility index (Phi) is 5.65. The maximum Gasteiger partial charge on any atom is 0.274 e. The molecule has 0 bridgehead atoms. The predicted molar refractivity (Wildman–Crippen MR) is 121 cm³/mol. The lowest BCUT2D eigenvalue weighted by atomic mass is 9.98. The number of likely N-dealkylation sites (tertiary alicyclic amines) is 1. The van der Waals surface area contributed by atoms with Crippen molar-refractivity contribution in [3.05, 3.63) is 70.4 Å². The van der Waals surface area contributed by atoms with Crippen LogP contribution in [0.2, 0.25) is 0 Å². The zero-order chi connectivity index (χ0) is 23.1. The minimum Gasteiger partial charge on any atom is -0.342 e. The molecule has 9 heteroatoms. The molecule has 0 aliphatic carbocycles. The second-order valence-electron chi connectivity index (χ2n) is 8.21. The van der Waals surface area contributed by atoms with Gasteiger partial charge in [-0.2, -0.15) is 0 Å². The summed E-state index contributed by atoms with van der Waals surface area (Å²) in [5.41, 5.74) is 1.49. The van der Waals surface area contributed by atoms with Crippen LogP contribution >= 0.6 is 11.3 Å². The van der Waals surface area contributed by atoms with Crippen LogP contribution in [0, 0.1) is 24.4 Å². The molecular weight excluding hydrogens is 449 g/mol. The summed E-state index contributed by atoms with van der Waals surface area (Å²) >= 11 is 1.40. The van der Waals surface area contributed by atoms with E-state index in [9.17, 15) is 18.0 Å². The number of imidazole rings is 1. The summed E-state index contributed by atoms with van der Waals surface area (Å²) in [5, 5.41) is 0.751. The molecular formula is C24H21F3N4OS. The normalized spacial score (nSPS) is 16.5. The fourth-order valence-corrected chi connectivity index (χ4v) is 5.29. The predicted octanol–water partition coefficient (Wildman–Crippen LogP) is 5.65. The molecule has 3 heterocycles. The molecule has 1 unspecified atom stereocenters. The Morgan fingerprint density at radius 3 is 2.70 bits per heavy atom. The summed E-state index contributed by atoms with van der Waals surface area (Å²) in [4.78, 5) is 27.9. The van der Waals surface area contributed by atoms with E-state index >= 15 is 0 Å². The van der Waals surface area contributed by atoms with Crippen molar-refractivity contribution < 1.29 is 18.0 Å². The van der Waals surface area contributed by atoms with E-state index < -0.39 is 11.6 Å². The maximum absolute atomic E-state index is 14.1. The van der Waals surface area contributed by atoms with E-state index in [0.717, 1.165) is 35.9 Å². The van der Waals surface area contributed by atoms with E-state index in [2.05, 4.69) is 15.0 Å². The van der Waals surface area contributed by atoms with Crippen LogP contribution in [0.25, 0.3) is 21.5 Å². The number of halogens is 3. The third-order valence-electron chi connectivity index (χ3n) is 5.95. The van der Waals surface area contributed by atoms with Crippen molar-refractivity contribution in [2.75, 3.05) is 6.54 Å². The average molecular weight is 471 g/mol. The molecule has 2 aromatic heterocycles. The van der Waals surface area contributed by atoms with Gasteiger partial charge >= 0.3 is 0 Å². The Labute approximate surface area is 192 Å². The van der Waals surface area contributed by atoms with Crippen molar-refractivity contribution in [2.45, 2.75) is 38.6 Å². The van der Waals surface area contributed by atoms with Crippen molar-refractivity contribution in [1.29, 1.82) is 0 Å². The highest BCUT2D eigenvalue weighted by atomic mass is 32.1. The molecule has 0 radical (unpaired) electrons. The van der Waals surface area contributed by atoms with Crippen molar-refractivity contribution in [1.82, 2.24) is 19.9 Å². The van der Waals surface area contributed by atoms with Crippen LogP contribution in [0.5, 0.6) is 0 Å². The number of thiazole rings is 1. The Balaban J connectivity index is 1.44. The molecule has 0 spiro atoms. The molecule has 0 saturated carbocycles. The van der Waals surface area contributed by atoms with E-state index in [1.807, 2.05) is 6.92 Å². The summed E-state index contributed by atoms with van der Waals surface area (Å²) < 4.78 is 41.1. The molecule has 1 saturated heterocycles. The minimum atomic E-state index is -0.978. The summed E-state index contributed by atoms with van der Waals surface area (Å²) in [6, 6.07) is 8.41. The number of nitrogens with one attached hydrogen (secondary N) is 1. The van der Waals surface area contributed by atoms with Crippen molar-refractivity contribution in [2.24, 2.45) is 0 Å². The Morgan fingerprint density at radius 2 is 1.91 bits per heavy atom. The number of piperidine rings is 1. The first-order chi connectivity index (χ1) is 15.9. The van der Waals surface area contributed by atoms with Crippen LogP contribution in [0.3, 0.4) is 0 Å². The molecule has 5 nitrogen and oxygen atoms in total. The van der Waals surface area contributed by atoms with Gasteiger partial charge in [-0.25, -0.2) is 23.1 Å². The summed E-state index contributed by atoms with van der Waals surface area (Å²) in [6.07, 6.45) is 3.00. The number of hydrogen-bond donors (Lipinski definition) is 1. The van der Waals surface area contributed by atoms with Crippen LogP contribution in [0.15, 0.2) is 36.4 Å². The van der Waals surface area contributed by atoms with E-state index in [1.165, 1.54) is 29.5 Å². The zero-order valence-corrected chi connectivity index (χ0v) is 18.7. The highest BCUT2D eigenvalue weighted by Gasteiger charge is 2.32. The number of aromatic nitrogens is 3. The largest absolute Gasteiger partial charge is 0.342 e. The minimum absolute atomic E-state index is 0.0348. The zero-order valence-electron chi connectivity index (χ0n) is 17.9. The first kappa shape index (κ1) is 21.6. The second kappa shape index (κ2) is 8.62. The van der Waals surface area contributed by atoms with Gasteiger partial charge < -0.3 is 9.88 Å². The van der Waals surface area contributed by atoms with Gasteiger partial charge in [-0.1, -0.05) is 12.1 Å². The molecule has 1 aliphatic rings. The summed E-state index contributed by atoms with van der Waals surface area (Å²) in [6.45, 7) is 2.41. The third kappa shape index (κ3) is 4.13. The van der Waals surface area contributed by atoms with E-state index in [-0.39, 0.29) is 23.3 Å². The third-order valence-corrected chi connectivity index (χ3v) is 6.97. The van der Waals surface area contributed by atoms with Gasteiger partial charge in [0.05, 0.1) is 15.4 Å². The lowest BCUT2D eigenvalue weighted by Gasteiger charge is -2.35. The number of carbonyl (C=O) groups is 1. The SMILES string of the molecule is Cc1nc(C(=O)N2CCCCC2Cc2nc3c(F)c(F)ccc3[nH]2)c(-c2ccc(F)cc2)s1. The Hall–Kier alpha value is -3.20. The molecule has 1 amide bonds. The number of aromatic amines is 1. The average Bonchev–Trinajstić information content (AvgIpc) is 3.40. The number of benzene rings is 2. The van der Waals surface area contributed by atoms with E-state index in [1.54, 1.807) is 17.0 Å². The van der Waals surface area contributed by atoms with Gasteiger partial charge in [0.2, 0.25) is 0 Å². The number of aryl methyl sites for hydroxylation is 1. The fourth-order valence-electron chi connectivity index (χ4n) is 4.37. The number of fused-ring (bicyclic) bond motifs is 1. The fraction of sp³-hybridized carbons (Fsp3) is 0.292. The second-order valence-corrected chi connectivity index (χ2v) is 9.41. The van der Waals surface area contributed by atoms with Gasteiger partial charge in [0.15, 0.2) is 11.6 Å². The molecule has 4 aromatic rings. The first-order valence-corrected chi connectivity index (χ1v) is 11.6. The van der Waals surface area contributed by atoms with Gasteiger partial charge in [-0.15, -0.1) is 11.3 Å². The Bertz CT molecular complexity index is 1330. The van der Waals surface area contributed by atoms with Gasteiger partial charge in [0, 0.05) is 19.0 Å². The standard InChI is InChI=1S/C24H21F3N4OS/c1-13-28-22(23(33-13)14-5-7-15(25)8-6-14)24(32)31-11-3-2-4-16(31)12-19-29-18-10-9-17(26)20(27)21(18)30-19/h5-10,16H,2-4,11-12H2,1H3,(H,29,30). The lowest BCUT2D eigenvalue weighted by molar-refractivity contribution is 0.0607. The quantitative estimate of drug-likeness (QED) is 0.419. The van der Waals surface area contributed by atoms with Gasteiger partial charge in [-0.05, 0) is 56.0 Å². The van der Waals surface area contributed by atoms with Crippen LogP contribution < -0.4 is 0 Å². The molecule has 5 rings (SSSR count). The van der Waals surface area contributed by atoms with Gasteiger partial charge in [-0.3, -0.25) is 4.79 Å². The van der Waals surface area contributed by atoms with Gasteiger partial charge in [0.1, 0.15) is 22.9 Å². The van der Waals surface area contributed by atoms with Crippen LogP contribution in [0.1, 0.15) is 40.6 Å². The van der Waals surface area contributed by atoms with Gasteiger partial charge in [0.25, 0.3) is 5.91 Å². The number of rotatable bonds is 4. The van der Waals surface area contributed by atoms with E-state index in [0.29, 0.717) is 34.9 Å². The molecule has 2 aromatic carbocycles. The molecule has 1 N–H and O–H groups in total. The monoisotopic (exact) mass is 470 g/mol.